The Bertz CT molecular complexity index is 401. The molecule has 2 rings (SSSR count). The summed E-state index contributed by atoms with van der Waals surface area (Å²) in [6, 6.07) is 6.18. The molecule has 16 heavy (non-hydrogen) atoms. The summed E-state index contributed by atoms with van der Waals surface area (Å²) in [5.74, 6) is 5.54. The maximum absolute atomic E-state index is 5.54. The minimum Gasteiger partial charge on any atom is -0.271 e. The van der Waals surface area contributed by atoms with E-state index in [-0.39, 0.29) is 6.04 Å². The Morgan fingerprint density at radius 1 is 1.44 bits per heavy atom. The molecule has 2 aromatic heterocycles. The number of hydrazine groups is 1. The van der Waals surface area contributed by atoms with Crippen molar-refractivity contribution >= 4 is 11.3 Å². The Morgan fingerprint density at radius 3 is 3.00 bits per heavy atom. The molecule has 1 atom stereocenters. The minimum atomic E-state index is 0.0881. The van der Waals surface area contributed by atoms with Crippen LogP contribution in [0.5, 0.6) is 0 Å². The smallest absolute Gasteiger partial charge is 0.115 e. The van der Waals surface area contributed by atoms with Crippen molar-refractivity contribution in [2.24, 2.45) is 5.84 Å². The number of hydrogen-bond acceptors (Lipinski definition) is 5. The van der Waals surface area contributed by atoms with E-state index in [0.29, 0.717) is 0 Å². The van der Waals surface area contributed by atoms with E-state index in [0.717, 1.165) is 18.5 Å². The Balaban J connectivity index is 1.96. The second-order valence-electron chi connectivity index (χ2n) is 3.47. The summed E-state index contributed by atoms with van der Waals surface area (Å²) < 4.78 is 0. The van der Waals surface area contributed by atoms with Gasteiger partial charge in [-0.2, -0.15) is 0 Å². The van der Waals surface area contributed by atoms with Crippen LogP contribution in [0.2, 0.25) is 0 Å². The number of rotatable bonds is 5. The summed E-state index contributed by atoms with van der Waals surface area (Å²) in [6.07, 6.45) is 5.23. The molecule has 5 heteroatoms. The monoisotopic (exact) mass is 234 g/mol. The van der Waals surface area contributed by atoms with E-state index in [1.54, 1.807) is 23.9 Å². The van der Waals surface area contributed by atoms with Crippen LogP contribution in [0.3, 0.4) is 0 Å². The van der Waals surface area contributed by atoms with Gasteiger partial charge in [-0.05, 0) is 30.4 Å². The zero-order chi connectivity index (χ0) is 11.2. The summed E-state index contributed by atoms with van der Waals surface area (Å²) in [5.41, 5.74) is 3.73. The van der Waals surface area contributed by atoms with Crippen LogP contribution in [0.1, 0.15) is 23.0 Å². The van der Waals surface area contributed by atoms with E-state index in [1.807, 2.05) is 6.07 Å². The third-order valence-electron chi connectivity index (χ3n) is 2.42. The number of nitrogens with two attached hydrogens (primary N) is 1. The molecule has 0 aliphatic heterocycles. The second-order valence-corrected chi connectivity index (χ2v) is 4.50. The molecule has 0 aliphatic rings. The standard InChI is InChI=1S/C11H14N4S/c12-15-11(10-5-6-13-8-14-10)4-3-9-2-1-7-16-9/h1-2,5-8,11,15H,3-4,12H2. The van der Waals surface area contributed by atoms with Crippen LogP contribution >= 0.6 is 11.3 Å². The van der Waals surface area contributed by atoms with Crippen LogP contribution in [-0.2, 0) is 6.42 Å². The number of aromatic nitrogens is 2. The van der Waals surface area contributed by atoms with Crippen molar-refractivity contribution in [3.8, 4) is 0 Å². The molecule has 1 unspecified atom stereocenters. The normalized spacial score (nSPS) is 12.6. The molecule has 0 amide bonds. The predicted molar refractivity (Wildman–Crippen MR) is 64.7 cm³/mol. The first-order valence-corrected chi connectivity index (χ1v) is 6.02. The zero-order valence-electron chi connectivity index (χ0n) is 8.84. The first kappa shape index (κ1) is 11.2. The van der Waals surface area contributed by atoms with Gasteiger partial charge >= 0.3 is 0 Å². The van der Waals surface area contributed by atoms with E-state index in [9.17, 15) is 0 Å². The van der Waals surface area contributed by atoms with Gasteiger partial charge in [-0.25, -0.2) is 9.97 Å². The lowest BCUT2D eigenvalue weighted by Crippen LogP contribution is -2.29. The molecular formula is C11H14N4S. The fourth-order valence-electron chi connectivity index (χ4n) is 1.57. The molecule has 0 radical (unpaired) electrons. The van der Waals surface area contributed by atoms with Crippen LogP contribution in [0, 0.1) is 0 Å². The molecule has 0 spiro atoms. The number of aryl methyl sites for hydroxylation is 1. The van der Waals surface area contributed by atoms with Gasteiger partial charge in [-0.1, -0.05) is 6.07 Å². The van der Waals surface area contributed by atoms with E-state index >= 15 is 0 Å². The van der Waals surface area contributed by atoms with E-state index in [4.69, 9.17) is 5.84 Å². The van der Waals surface area contributed by atoms with Crippen molar-refractivity contribution in [3.05, 3.63) is 46.7 Å². The van der Waals surface area contributed by atoms with Crippen LogP contribution in [0.15, 0.2) is 36.1 Å². The van der Waals surface area contributed by atoms with Gasteiger partial charge in [0.2, 0.25) is 0 Å². The molecule has 2 aromatic rings. The average Bonchev–Trinajstić information content (AvgIpc) is 2.84. The van der Waals surface area contributed by atoms with Gasteiger partial charge in [0.1, 0.15) is 6.33 Å². The first-order valence-electron chi connectivity index (χ1n) is 5.14. The van der Waals surface area contributed by atoms with Gasteiger partial charge < -0.3 is 0 Å². The molecule has 0 bridgehead atoms. The fourth-order valence-corrected chi connectivity index (χ4v) is 2.29. The van der Waals surface area contributed by atoms with Gasteiger partial charge in [0.05, 0.1) is 11.7 Å². The Morgan fingerprint density at radius 2 is 2.38 bits per heavy atom. The first-order chi connectivity index (χ1) is 7.90. The lowest BCUT2D eigenvalue weighted by atomic mass is 10.1. The van der Waals surface area contributed by atoms with Crippen molar-refractivity contribution in [3.63, 3.8) is 0 Å². The highest BCUT2D eigenvalue weighted by Gasteiger charge is 2.10. The molecular weight excluding hydrogens is 220 g/mol. The summed E-state index contributed by atoms with van der Waals surface area (Å²) in [4.78, 5) is 9.46. The van der Waals surface area contributed by atoms with E-state index < -0.39 is 0 Å². The molecule has 2 heterocycles. The lowest BCUT2D eigenvalue weighted by molar-refractivity contribution is 0.505. The number of nitrogens with zero attached hydrogens (tertiary/aromatic N) is 2. The van der Waals surface area contributed by atoms with Gasteiger partial charge in [-0.3, -0.25) is 11.3 Å². The quantitative estimate of drug-likeness (QED) is 0.610. The maximum Gasteiger partial charge on any atom is 0.115 e. The average molecular weight is 234 g/mol. The van der Waals surface area contributed by atoms with Gasteiger partial charge in [0, 0.05) is 11.1 Å². The molecule has 0 aromatic carbocycles. The Kier molecular flexibility index (Phi) is 3.98. The fraction of sp³-hybridized carbons (Fsp3) is 0.273. The largest absolute Gasteiger partial charge is 0.271 e. The summed E-state index contributed by atoms with van der Waals surface area (Å²) >= 11 is 1.77. The minimum absolute atomic E-state index is 0.0881. The van der Waals surface area contributed by atoms with Crippen LogP contribution < -0.4 is 11.3 Å². The van der Waals surface area contributed by atoms with Crippen LogP contribution in [0.25, 0.3) is 0 Å². The highest BCUT2D eigenvalue weighted by molar-refractivity contribution is 7.09. The topological polar surface area (TPSA) is 63.8 Å². The van der Waals surface area contributed by atoms with Crippen molar-refractivity contribution < 1.29 is 0 Å². The summed E-state index contributed by atoms with van der Waals surface area (Å²) in [5, 5.41) is 2.09. The van der Waals surface area contributed by atoms with Crippen molar-refractivity contribution in [1.82, 2.24) is 15.4 Å². The highest BCUT2D eigenvalue weighted by atomic mass is 32.1. The number of nitrogens with one attached hydrogen (secondary N) is 1. The van der Waals surface area contributed by atoms with Crippen molar-refractivity contribution in [2.45, 2.75) is 18.9 Å². The number of hydrogen-bond donors (Lipinski definition) is 2. The van der Waals surface area contributed by atoms with Crippen molar-refractivity contribution in [2.75, 3.05) is 0 Å². The maximum atomic E-state index is 5.54. The molecule has 3 N–H and O–H groups in total. The molecule has 84 valence electrons. The SMILES string of the molecule is NNC(CCc1cccs1)c1ccncn1. The second kappa shape index (κ2) is 5.69. The van der Waals surface area contributed by atoms with Gasteiger partial charge in [-0.15, -0.1) is 11.3 Å². The molecule has 4 nitrogen and oxygen atoms in total. The van der Waals surface area contributed by atoms with E-state index in [2.05, 4.69) is 32.9 Å². The molecule has 0 saturated carbocycles. The van der Waals surface area contributed by atoms with Crippen LogP contribution in [-0.4, -0.2) is 9.97 Å². The van der Waals surface area contributed by atoms with Gasteiger partial charge in [0.25, 0.3) is 0 Å². The lowest BCUT2D eigenvalue weighted by Gasteiger charge is -2.14. The third kappa shape index (κ3) is 2.85. The zero-order valence-corrected chi connectivity index (χ0v) is 9.65. The van der Waals surface area contributed by atoms with Crippen molar-refractivity contribution in [1.29, 1.82) is 0 Å². The van der Waals surface area contributed by atoms with E-state index in [1.165, 1.54) is 4.88 Å². The Hall–Kier alpha value is -1.30. The summed E-state index contributed by atoms with van der Waals surface area (Å²) in [7, 11) is 0. The molecule has 0 aliphatic carbocycles. The van der Waals surface area contributed by atoms with Crippen LogP contribution in [0.4, 0.5) is 0 Å². The summed E-state index contributed by atoms with van der Waals surface area (Å²) in [6.45, 7) is 0. The number of thiophene rings is 1. The third-order valence-corrected chi connectivity index (χ3v) is 3.36. The predicted octanol–water partition coefficient (Wildman–Crippen LogP) is 1.68. The molecule has 0 fully saturated rings. The van der Waals surface area contributed by atoms with Gasteiger partial charge in [0.15, 0.2) is 0 Å². The molecule has 0 saturated heterocycles. The highest BCUT2D eigenvalue weighted by Crippen LogP contribution is 2.18. The Labute approximate surface area is 98.5 Å².